The summed E-state index contributed by atoms with van der Waals surface area (Å²) in [6.07, 6.45) is 3.56. The van der Waals surface area contributed by atoms with Gasteiger partial charge in [0.05, 0.1) is 5.69 Å². The minimum Gasteiger partial charge on any atom is -0.386 e. The molecule has 2 N–H and O–H groups in total. The van der Waals surface area contributed by atoms with Crippen LogP contribution in [-0.4, -0.2) is 21.3 Å². The molecular weight excluding hydrogens is 307 g/mol. The van der Waals surface area contributed by atoms with Crippen LogP contribution in [0.15, 0.2) is 46.4 Å². The van der Waals surface area contributed by atoms with Crippen LogP contribution in [0.3, 0.4) is 0 Å². The molecule has 0 saturated carbocycles. The molecule has 0 aliphatic rings. The van der Waals surface area contributed by atoms with E-state index in [0.29, 0.717) is 23.1 Å². The molecule has 7 heteroatoms. The fourth-order valence-corrected chi connectivity index (χ4v) is 1.97. The van der Waals surface area contributed by atoms with Crippen molar-refractivity contribution in [1.29, 1.82) is 0 Å². The highest BCUT2D eigenvalue weighted by Gasteiger charge is 2.11. The van der Waals surface area contributed by atoms with E-state index in [0.717, 1.165) is 5.57 Å². The molecule has 1 heterocycles. The van der Waals surface area contributed by atoms with Crippen molar-refractivity contribution >= 4 is 17.2 Å². The van der Waals surface area contributed by atoms with E-state index in [2.05, 4.69) is 15.5 Å². The van der Waals surface area contributed by atoms with Gasteiger partial charge in [0, 0.05) is 17.8 Å². The van der Waals surface area contributed by atoms with Gasteiger partial charge < -0.3 is 5.32 Å². The van der Waals surface area contributed by atoms with Crippen molar-refractivity contribution in [2.45, 2.75) is 13.8 Å². The highest BCUT2D eigenvalue weighted by Crippen LogP contribution is 2.14. The Balaban J connectivity index is 2.29. The molecule has 0 bridgehead atoms. The van der Waals surface area contributed by atoms with Gasteiger partial charge in [0.15, 0.2) is 5.82 Å². The van der Waals surface area contributed by atoms with Gasteiger partial charge in [0.1, 0.15) is 5.82 Å². The third-order valence-corrected chi connectivity index (χ3v) is 3.05. The van der Waals surface area contributed by atoms with Crippen LogP contribution in [0.2, 0.25) is 0 Å². The number of aromatic amines is 1. The second-order valence-corrected chi connectivity index (χ2v) is 5.29. The molecule has 0 atom stereocenters. The Kier molecular flexibility index (Phi) is 5.16. The zero-order valence-corrected chi connectivity index (χ0v) is 13.0. The Labute approximate surface area is 132 Å². The summed E-state index contributed by atoms with van der Waals surface area (Å²) < 4.78 is 14.4. The van der Waals surface area contributed by atoms with E-state index in [1.165, 1.54) is 28.8 Å². The van der Waals surface area contributed by atoms with Crippen LogP contribution in [0.4, 0.5) is 4.39 Å². The van der Waals surface area contributed by atoms with Gasteiger partial charge in [-0.3, -0.25) is 0 Å². The van der Waals surface area contributed by atoms with E-state index in [9.17, 15) is 9.18 Å². The van der Waals surface area contributed by atoms with E-state index in [4.69, 9.17) is 11.6 Å². The number of rotatable bonds is 5. The highest BCUT2D eigenvalue weighted by atomic mass is 35.5. The maximum absolute atomic E-state index is 13.0. The Bertz CT molecular complexity index is 755. The number of nitrogens with one attached hydrogen (secondary N) is 2. The molecule has 0 aliphatic carbocycles. The van der Waals surface area contributed by atoms with Gasteiger partial charge in [-0.15, -0.1) is 0 Å². The van der Waals surface area contributed by atoms with Crippen LogP contribution >= 0.6 is 11.6 Å². The second kappa shape index (κ2) is 7.09. The molecule has 2 aromatic rings. The summed E-state index contributed by atoms with van der Waals surface area (Å²) >= 11 is 5.72. The number of benzene rings is 1. The topological polar surface area (TPSA) is 62.7 Å². The van der Waals surface area contributed by atoms with Gasteiger partial charge in [-0.05, 0) is 43.7 Å². The van der Waals surface area contributed by atoms with Crippen LogP contribution in [0.25, 0.3) is 11.3 Å². The van der Waals surface area contributed by atoms with Crippen molar-refractivity contribution in [3.05, 3.63) is 63.7 Å². The zero-order valence-electron chi connectivity index (χ0n) is 12.2. The number of aromatic nitrogens is 3. The molecule has 116 valence electrons. The van der Waals surface area contributed by atoms with Crippen LogP contribution in [0, 0.1) is 5.82 Å². The molecule has 5 nitrogen and oxygen atoms in total. The SMILES string of the molecule is C/C(Cl)=C\NC/C=C(\C)c1n[nH]c(=O)n1-c1ccc(F)cc1. The minimum atomic E-state index is -0.376. The fourth-order valence-electron chi connectivity index (χ4n) is 1.89. The third kappa shape index (κ3) is 3.85. The Morgan fingerprint density at radius 2 is 2.09 bits per heavy atom. The highest BCUT2D eigenvalue weighted by molar-refractivity contribution is 6.29. The van der Waals surface area contributed by atoms with Gasteiger partial charge in [-0.1, -0.05) is 17.7 Å². The van der Waals surface area contributed by atoms with Crippen LogP contribution < -0.4 is 11.0 Å². The smallest absolute Gasteiger partial charge is 0.348 e. The summed E-state index contributed by atoms with van der Waals surface area (Å²) in [4.78, 5) is 11.9. The Hall–Kier alpha value is -2.34. The number of H-pyrrole nitrogens is 1. The quantitative estimate of drug-likeness (QED) is 0.832. The second-order valence-electron chi connectivity index (χ2n) is 4.69. The molecule has 0 unspecified atom stereocenters. The lowest BCUT2D eigenvalue weighted by molar-refractivity contribution is 0.627. The zero-order chi connectivity index (χ0) is 16.1. The normalized spacial score (nSPS) is 12.5. The van der Waals surface area contributed by atoms with E-state index < -0.39 is 0 Å². The van der Waals surface area contributed by atoms with Crippen LogP contribution in [0.1, 0.15) is 19.7 Å². The number of halogens is 2. The van der Waals surface area contributed by atoms with Crippen molar-refractivity contribution in [3.63, 3.8) is 0 Å². The summed E-state index contributed by atoms with van der Waals surface area (Å²) in [7, 11) is 0. The van der Waals surface area contributed by atoms with Crippen LogP contribution in [0.5, 0.6) is 0 Å². The van der Waals surface area contributed by atoms with Gasteiger partial charge in [0.2, 0.25) is 0 Å². The van der Waals surface area contributed by atoms with E-state index in [-0.39, 0.29) is 11.5 Å². The van der Waals surface area contributed by atoms with Crippen molar-refractivity contribution in [3.8, 4) is 5.69 Å². The van der Waals surface area contributed by atoms with Crippen molar-refractivity contribution < 1.29 is 4.39 Å². The lowest BCUT2D eigenvalue weighted by Gasteiger charge is -2.06. The van der Waals surface area contributed by atoms with Crippen LogP contribution in [-0.2, 0) is 0 Å². The first kappa shape index (κ1) is 16.0. The number of nitrogens with zero attached hydrogens (tertiary/aromatic N) is 2. The molecule has 0 radical (unpaired) electrons. The molecule has 1 aromatic heterocycles. The standard InChI is InChI=1S/C15H16ClFN4O/c1-10(7-8-18-9-11(2)16)14-19-20-15(22)21(14)13-5-3-12(17)4-6-13/h3-7,9,18H,8H2,1-2H3,(H,20,22)/b10-7+,11-9+. The fraction of sp³-hybridized carbons (Fsp3) is 0.200. The first-order chi connectivity index (χ1) is 10.5. The maximum atomic E-state index is 13.0. The molecule has 2 rings (SSSR count). The first-order valence-corrected chi connectivity index (χ1v) is 7.03. The summed E-state index contributed by atoms with van der Waals surface area (Å²) in [6.45, 7) is 4.15. The molecule has 0 saturated heterocycles. The third-order valence-electron chi connectivity index (χ3n) is 2.94. The van der Waals surface area contributed by atoms with Crippen molar-refractivity contribution in [2.24, 2.45) is 0 Å². The molecular formula is C15H16ClFN4O. The largest absolute Gasteiger partial charge is 0.386 e. The summed E-state index contributed by atoms with van der Waals surface area (Å²) in [5, 5.41) is 10.1. The minimum absolute atomic E-state index is 0.360. The molecule has 0 fully saturated rings. The summed E-state index contributed by atoms with van der Waals surface area (Å²) in [5.74, 6) is 0.117. The first-order valence-electron chi connectivity index (χ1n) is 6.65. The summed E-state index contributed by atoms with van der Waals surface area (Å²) in [5.41, 5.74) is 0.974. The van der Waals surface area contributed by atoms with Gasteiger partial charge in [-0.2, -0.15) is 5.10 Å². The average molecular weight is 323 g/mol. The van der Waals surface area contributed by atoms with Gasteiger partial charge >= 0.3 is 5.69 Å². The molecule has 0 spiro atoms. The van der Waals surface area contributed by atoms with E-state index in [1.54, 1.807) is 13.1 Å². The van der Waals surface area contributed by atoms with E-state index >= 15 is 0 Å². The molecule has 22 heavy (non-hydrogen) atoms. The average Bonchev–Trinajstić information content (AvgIpc) is 2.86. The molecule has 0 aliphatic heterocycles. The Morgan fingerprint density at radius 3 is 2.73 bits per heavy atom. The Morgan fingerprint density at radius 1 is 1.41 bits per heavy atom. The lowest BCUT2D eigenvalue weighted by atomic mass is 10.2. The predicted octanol–water partition coefficient (Wildman–Crippen LogP) is 2.79. The monoisotopic (exact) mass is 322 g/mol. The summed E-state index contributed by atoms with van der Waals surface area (Å²) in [6, 6.07) is 5.65. The molecule has 0 amide bonds. The predicted molar refractivity (Wildman–Crippen MR) is 85.4 cm³/mol. The van der Waals surface area contributed by atoms with Gasteiger partial charge in [-0.25, -0.2) is 18.9 Å². The number of hydrogen-bond donors (Lipinski definition) is 2. The maximum Gasteiger partial charge on any atom is 0.348 e. The van der Waals surface area contributed by atoms with Crippen molar-refractivity contribution in [1.82, 2.24) is 20.1 Å². The number of hydrogen-bond acceptors (Lipinski definition) is 3. The van der Waals surface area contributed by atoms with Gasteiger partial charge in [0.25, 0.3) is 0 Å². The molecule has 1 aromatic carbocycles. The van der Waals surface area contributed by atoms with Crippen molar-refractivity contribution in [2.75, 3.05) is 6.54 Å². The lowest BCUT2D eigenvalue weighted by Crippen LogP contribution is -2.16. The van der Waals surface area contributed by atoms with E-state index in [1.807, 2.05) is 13.0 Å². The number of allylic oxidation sites excluding steroid dienone is 2.